The minimum atomic E-state index is -3.81. The SMILES string of the molecule is COCCc1ccccc1NS(=O)(=O)c1ccc(C(=O)O)c(C)c1. The minimum Gasteiger partial charge on any atom is -0.478 e. The Hall–Kier alpha value is -2.38. The van der Waals surface area contributed by atoms with Crippen molar-refractivity contribution in [3.05, 3.63) is 59.2 Å². The Balaban J connectivity index is 2.32. The number of aryl methyl sites for hydroxylation is 1. The average molecular weight is 349 g/mol. The zero-order valence-electron chi connectivity index (χ0n) is 13.4. The highest BCUT2D eigenvalue weighted by molar-refractivity contribution is 7.92. The molecule has 0 aliphatic heterocycles. The van der Waals surface area contributed by atoms with Crippen molar-refractivity contribution in [1.82, 2.24) is 0 Å². The molecule has 2 aromatic rings. The lowest BCUT2D eigenvalue weighted by atomic mass is 10.1. The van der Waals surface area contributed by atoms with Gasteiger partial charge in [0.1, 0.15) is 0 Å². The van der Waals surface area contributed by atoms with Gasteiger partial charge in [-0.15, -0.1) is 0 Å². The van der Waals surface area contributed by atoms with Crippen molar-refractivity contribution in [3.63, 3.8) is 0 Å². The van der Waals surface area contributed by atoms with E-state index in [1.807, 2.05) is 12.1 Å². The van der Waals surface area contributed by atoms with Crippen LogP contribution in [0.15, 0.2) is 47.4 Å². The number of ether oxygens (including phenoxy) is 1. The van der Waals surface area contributed by atoms with Crippen LogP contribution in [0.3, 0.4) is 0 Å². The second kappa shape index (κ2) is 7.46. The molecule has 24 heavy (non-hydrogen) atoms. The first kappa shape index (κ1) is 18.0. The maximum absolute atomic E-state index is 12.6. The molecule has 6 nitrogen and oxygen atoms in total. The fourth-order valence-corrected chi connectivity index (χ4v) is 3.48. The number of carbonyl (C=O) groups is 1. The molecule has 0 spiro atoms. The maximum atomic E-state index is 12.6. The van der Waals surface area contributed by atoms with Gasteiger partial charge in [0, 0.05) is 7.11 Å². The van der Waals surface area contributed by atoms with Gasteiger partial charge >= 0.3 is 5.97 Å². The van der Waals surface area contributed by atoms with E-state index in [4.69, 9.17) is 9.84 Å². The number of para-hydroxylation sites is 1. The number of benzene rings is 2. The molecule has 0 amide bonds. The molecule has 7 heteroatoms. The summed E-state index contributed by atoms with van der Waals surface area (Å²) in [5.41, 5.74) is 1.77. The van der Waals surface area contributed by atoms with Crippen LogP contribution in [0.25, 0.3) is 0 Å². The van der Waals surface area contributed by atoms with Crippen LogP contribution in [0.4, 0.5) is 5.69 Å². The minimum absolute atomic E-state index is 0.0199. The number of sulfonamides is 1. The number of anilines is 1. The summed E-state index contributed by atoms with van der Waals surface area (Å²) in [5.74, 6) is -1.09. The van der Waals surface area contributed by atoms with E-state index in [-0.39, 0.29) is 10.5 Å². The maximum Gasteiger partial charge on any atom is 0.335 e. The van der Waals surface area contributed by atoms with Crippen LogP contribution in [-0.4, -0.2) is 33.2 Å². The Bertz CT molecular complexity index is 846. The van der Waals surface area contributed by atoms with Crippen molar-refractivity contribution in [3.8, 4) is 0 Å². The zero-order chi connectivity index (χ0) is 17.7. The smallest absolute Gasteiger partial charge is 0.335 e. The van der Waals surface area contributed by atoms with Crippen LogP contribution in [-0.2, 0) is 21.2 Å². The van der Waals surface area contributed by atoms with Crippen LogP contribution < -0.4 is 4.72 Å². The van der Waals surface area contributed by atoms with Gasteiger partial charge in [-0.25, -0.2) is 13.2 Å². The summed E-state index contributed by atoms with van der Waals surface area (Å²) in [7, 11) is -2.23. The highest BCUT2D eigenvalue weighted by Crippen LogP contribution is 2.22. The number of rotatable bonds is 7. The van der Waals surface area contributed by atoms with Crippen LogP contribution in [0.5, 0.6) is 0 Å². The Morgan fingerprint density at radius 2 is 1.92 bits per heavy atom. The normalized spacial score (nSPS) is 11.2. The topological polar surface area (TPSA) is 92.7 Å². The number of nitrogens with one attached hydrogen (secondary N) is 1. The first-order valence-electron chi connectivity index (χ1n) is 7.29. The Kier molecular flexibility index (Phi) is 5.58. The molecule has 0 unspecified atom stereocenters. The third-order valence-corrected chi connectivity index (χ3v) is 4.94. The first-order chi connectivity index (χ1) is 11.3. The molecule has 2 rings (SSSR count). The standard InChI is InChI=1S/C17H19NO5S/c1-12-11-14(7-8-15(12)17(19)20)24(21,22)18-16-6-4-3-5-13(16)9-10-23-2/h3-8,11,18H,9-10H2,1-2H3,(H,19,20). The van der Waals surface area contributed by atoms with Gasteiger partial charge < -0.3 is 9.84 Å². The van der Waals surface area contributed by atoms with Gasteiger partial charge in [0.25, 0.3) is 10.0 Å². The van der Waals surface area contributed by atoms with E-state index in [2.05, 4.69) is 4.72 Å². The molecular weight excluding hydrogens is 330 g/mol. The second-order valence-electron chi connectivity index (χ2n) is 5.29. The van der Waals surface area contributed by atoms with E-state index in [0.29, 0.717) is 24.3 Å². The Labute approximate surface area is 141 Å². The molecule has 0 fully saturated rings. The number of carboxylic acids is 1. The number of carboxylic acid groups (broad SMARTS) is 1. The molecule has 0 saturated heterocycles. The van der Waals surface area contributed by atoms with Crippen molar-refractivity contribution in [2.45, 2.75) is 18.2 Å². The second-order valence-corrected chi connectivity index (χ2v) is 6.97. The van der Waals surface area contributed by atoms with Crippen LogP contribution in [0, 0.1) is 6.92 Å². The monoisotopic (exact) mass is 349 g/mol. The Morgan fingerprint density at radius 3 is 2.54 bits per heavy atom. The molecule has 2 aromatic carbocycles. The number of methoxy groups -OCH3 is 1. The first-order valence-corrected chi connectivity index (χ1v) is 8.77. The lowest BCUT2D eigenvalue weighted by Crippen LogP contribution is -2.15. The van der Waals surface area contributed by atoms with Gasteiger partial charge in [-0.1, -0.05) is 18.2 Å². The molecule has 0 heterocycles. The summed E-state index contributed by atoms with van der Waals surface area (Å²) in [4.78, 5) is 11.1. The molecule has 0 saturated carbocycles. The quantitative estimate of drug-likeness (QED) is 0.802. The summed E-state index contributed by atoms with van der Waals surface area (Å²) in [6.07, 6.45) is 0.576. The summed E-state index contributed by atoms with van der Waals surface area (Å²) in [6.45, 7) is 2.04. The lowest BCUT2D eigenvalue weighted by Gasteiger charge is -2.13. The highest BCUT2D eigenvalue weighted by atomic mass is 32.2. The summed E-state index contributed by atoms with van der Waals surface area (Å²) in [5, 5.41) is 9.04. The molecule has 0 radical (unpaired) electrons. The largest absolute Gasteiger partial charge is 0.478 e. The van der Waals surface area contributed by atoms with Gasteiger partial charge in [0.05, 0.1) is 22.8 Å². The fourth-order valence-electron chi connectivity index (χ4n) is 2.30. The molecule has 0 aliphatic rings. The fraction of sp³-hybridized carbons (Fsp3) is 0.235. The molecule has 0 aliphatic carbocycles. The molecule has 2 N–H and O–H groups in total. The predicted octanol–water partition coefficient (Wildman–Crippen LogP) is 2.68. The van der Waals surface area contributed by atoms with Crippen molar-refractivity contribution in [1.29, 1.82) is 0 Å². The zero-order valence-corrected chi connectivity index (χ0v) is 14.3. The number of aromatic carboxylic acids is 1. The molecule has 0 atom stereocenters. The van der Waals surface area contributed by atoms with Crippen LogP contribution in [0.1, 0.15) is 21.5 Å². The van der Waals surface area contributed by atoms with Crippen LogP contribution in [0.2, 0.25) is 0 Å². The molecular formula is C17H19NO5S. The van der Waals surface area contributed by atoms with Crippen molar-refractivity contribution < 1.29 is 23.1 Å². The van der Waals surface area contributed by atoms with E-state index >= 15 is 0 Å². The molecule has 128 valence electrons. The lowest BCUT2D eigenvalue weighted by molar-refractivity contribution is 0.0696. The third-order valence-electron chi connectivity index (χ3n) is 3.58. The highest BCUT2D eigenvalue weighted by Gasteiger charge is 2.18. The molecule has 0 bridgehead atoms. The summed E-state index contributed by atoms with van der Waals surface area (Å²) >= 11 is 0. The van der Waals surface area contributed by atoms with Crippen molar-refractivity contribution in [2.24, 2.45) is 0 Å². The Morgan fingerprint density at radius 1 is 1.21 bits per heavy atom. The summed E-state index contributed by atoms with van der Waals surface area (Å²) in [6, 6.07) is 11.0. The number of hydrogen-bond acceptors (Lipinski definition) is 4. The van der Waals surface area contributed by atoms with Gasteiger partial charge in [-0.2, -0.15) is 0 Å². The van der Waals surface area contributed by atoms with Crippen molar-refractivity contribution in [2.75, 3.05) is 18.4 Å². The van der Waals surface area contributed by atoms with Gasteiger partial charge in [-0.05, 0) is 48.7 Å². The van der Waals surface area contributed by atoms with E-state index < -0.39 is 16.0 Å². The molecule has 0 aromatic heterocycles. The van der Waals surface area contributed by atoms with E-state index in [1.165, 1.54) is 18.2 Å². The van der Waals surface area contributed by atoms with Gasteiger partial charge in [0.15, 0.2) is 0 Å². The third kappa shape index (κ3) is 4.12. The average Bonchev–Trinajstić information content (AvgIpc) is 2.53. The summed E-state index contributed by atoms with van der Waals surface area (Å²) < 4.78 is 32.7. The number of hydrogen-bond donors (Lipinski definition) is 2. The van der Waals surface area contributed by atoms with Gasteiger partial charge in [0.2, 0.25) is 0 Å². The van der Waals surface area contributed by atoms with Gasteiger partial charge in [-0.3, -0.25) is 4.72 Å². The van der Waals surface area contributed by atoms with E-state index in [0.717, 1.165) is 5.56 Å². The van der Waals surface area contributed by atoms with E-state index in [9.17, 15) is 13.2 Å². The van der Waals surface area contributed by atoms with Crippen molar-refractivity contribution >= 4 is 21.7 Å². The van der Waals surface area contributed by atoms with E-state index in [1.54, 1.807) is 26.2 Å². The predicted molar refractivity (Wildman–Crippen MR) is 91.0 cm³/mol. The van der Waals surface area contributed by atoms with Crippen LogP contribution >= 0.6 is 0 Å².